The smallest absolute Gasteiger partial charge is 0.249 e. The van der Waals surface area contributed by atoms with E-state index in [4.69, 9.17) is 4.74 Å². The molecule has 0 radical (unpaired) electrons. The van der Waals surface area contributed by atoms with E-state index >= 15 is 0 Å². The van der Waals surface area contributed by atoms with Crippen LogP contribution in [0.1, 0.15) is 24.8 Å². The molecule has 4 rings (SSSR count). The Morgan fingerprint density at radius 1 is 1.17 bits per heavy atom. The second kappa shape index (κ2) is 5.96. The molecular weight excluding hydrogens is 292 g/mol. The van der Waals surface area contributed by atoms with Crippen LogP contribution in [0.3, 0.4) is 0 Å². The van der Waals surface area contributed by atoms with Crippen molar-refractivity contribution < 1.29 is 14.3 Å². The molecule has 0 unspecified atom stereocenters. The van der Waals surface area contributed by atoms with Crippen LogP contribution in [0.2, 0.25) is 0 Å². The first-order valence-electron chi connectivity index (χ1n) is 8.43. The molecule has 3 fully saturated rings. The van der Waals surface area contributed by atoms with Crippen molar-refractivity contribution in [2.45, 2.75) is 38.0 Å². The van der Waals surface area contributed by atoms with Crippen LogP contribution in [0.15, 0.2) is 30.3 Å². The van der Waals surface area contributed by atoms with Gasteiger partial charge in [-0.25, -0.2) is 0 Å². The SMILES string of the molecule is O=C(CC1CC1)N1C[C@@H]2[C@@H](C1)OCC(=O)N2Cc1ccccc1. The lowest BCUT2D eigenvalue weighted by molar-refractivity contribution is -0.153. The maximum absolute atomic E-state index is 12.4. The van der Waals surface area contributed by atoms with Crippen LogP contribution in [0.5, 0.6) is 0 Å². The molecule has 0 bridgehead atoms. The number of amides is 2. The van der Waals surface area contributed by atoms with Gasteiger partial charge in [-0.15, -0.1) is 0 Å². The molecule has 1 aliphatic carbocycles. The van der Waals surface area contributed by atoms with Gasteiger partial charge >= 0.3 is 0 Å². The Kier molecular flexibility index (Phi) is 3.81. The van der Waals surface area contributed by atoms with E-state index in [2.05, 4.69) is 0 Å². The monoisotopic (exact) mass is 314 g/mol. The summed E-state index contributed by atoms with van der Waals surface area (Å²) in [5, 5.41) is 0. The third kappa shape index (κ3) is 3.11. The van der Waals surface area contributed by atoms with Crippen molar-refractivity contribution in [1.82, 2.24) is 9.80 Å². The van der Waals surface area contributed by atoms with E-state index in [-0.39, 0.29) is 30.6 Å². The first-order chi connectivity index (χ1) is 11.2. The van der Waals surface area contributed by atoms with Crippen molar-refractivity contribution in [3.05, 3.63) is 35.9 Å². The fourth-order valence-electron chi connectivity index (χ4n) is 3.55. The minimum Gasteiger partial charge on any atom is -0.364 e. The maximum atomic E-state index is 12.4. The Balaban J connectivity index is 1.46. The van der Waals surface area contributed by atoms with Crippen LogP contribution in [0.4, 0.5) is 0 Å². The van der Waals surface area contributed by atoms with Crippen LogP contribution in [0.25, 0.3) is 0 Å². The second-order valence-corrected chi connectivity index (χ2v) is 6.87. The highest BCUT2D eigenvalue weighted by atomic mass is 16.5. The lowest BCUT2D eigenvalue weighted by Crippen LogP contribution is -2.53. The van der Waals surface area contributed by atoms with Gasteiger partial charge in [0.25, 0.3) is 0 Å². The average molecular weight is 314 g/mol. The summed E-state index contributed by atoms with van der Waals surface area (Å²) in [6.07, 6.45) is 2.98. The number of ether oxygens (including phenoxy) is 1. The number of benzene rings is 1. The summed E-state index contributed by atoms with van der Waals surface area (Å²) in [4.78, 5) is 28.4. The average Bonchev–Trinajstić information content (AvgIpc) is 3.26. The summed E-state index contributed by atoms with van der Waals surface area (Å²) in [6.45, 7) is 1.94. The van der Waals surface area contributed by atoms with E-state index in [1.807, 2.05) is 40.1 Å². The highest BCUT2D eigenvalue weighted by Crippen LogP contribution is 2.34. The predicted molar refractivity (Wildman–Crippen MR) is 84.4 cm³/mol. The van der Waals surface area contributed by atoms with Crippen molar-refractivity contribution in [3.8, 4) is 0 Å². The zero-order valence-corrected chi connectivity index (χ0v) is 13.2. The normalized spacial score (nSPS) is 27.2. The van der Waals surface area contributed by atoms with Gasteiger partial charge in [0.2, 0.25) is 11.8 Å². The van der Waals surface area contributed by atoms with Crippen LogP contribution in [-0.2, 0) is 20.9 Å². The van der Waals surface area contributed by atoms with Gasteiger partial charge < -0.3 is 14.5 Å². The predicted octanol–water partition coefficient (Wildman–Crippen LogP) is 1.42. The van der Waals surface area contributed by atoms with E-state index in [1.165, 1.54) is 12.8 Å². The van der Waals surface area contributed by atoms with Crippen molar-refractivity contribution in [3.63, 3.8) is 0 Å². The molecule has 1 aromatic carbocycles. The van der Waals surface area contributed by atoms with E-state index in [0.29, 0.717) is 32.0 Å². The first kappa shape index (κ1) is 14.7. The third-order valence-corrected chi connectivity index (χ3v) is 5.09. The minimum atomic E-state index is -0.0421. The van der Waals surface area contributed by atoms with Crippen molar-refractivity contribution in [2.75, 3.05) is 19.7 Å². The molecule has 1 saturated carbocycles. The van der Waals surface area contributed by atoms with Crippen molar-refractivity contribution in [1.29, 1.82) is 0 Å². The summed E-state index contributed by atoms with van der Waals surface area (Å²) in [5.41, 5.74) is 1.12. The molecule has 122 valence electrons. The Labute approximate surface area is 136 Å². The van der Waals surface area contributed by atoms with Gasteiger partial charge in [0.1, 0.15) is 6.61 Å². The standard InChI is InChI=1S/C18H22N2O3/c21-17(8-13-6-7-13)19-10-15-16(11-19)23-12-18(22)20(15)9-14-4-2-1-3-5-14/h1-5,13,15-16H,6-12H2/t15-,16-/m1/s1. The van der Waals surface area contributed by atoms with Gasteiger partial charge in [-0.2, -0.15) is 0 Å². The number of hydrogen-bond donors (Lipinski definition) is 0. The Bertz CT molecular complexity index is 600. The molecule has 0 N–H and O–H groups in total. The fraction of sp³-hybridized carbons (Fsp3) is 0.556. The molecule has 23 heavy (non-hydrogen) atoms. The van der Waals surface area contributed by atoms with Crippen LogP contribution >= 0.6 is 0 Å². The lowest BCUT2D eigenvalue weighted by atomic mass is 10.1. The number of nitrogens with zero attached hydrogens (tertiary/aromatic N) is 2. The topological polar surface area (TPSA) is 49.9 Å². The zero-order chi connectivity index (χ0) is 15.8. The maximum Gasteiger partial charge on any atom is 0.249 e. The van der Waals surface area contributed by atoms with Crippen LogP contribution in [-0.4, -0.2) is 53.5 Å². The largest absolute Gasteiger partial charge is 0.364 e. The van der Waals surface area contributed by atoms with Gasteiger partial charge in [-0.3, -0.25) is 9.59 Å². The molecule has 5 nitrogen and oxygen atoms in total. The number of carbonyl (C=O) groups excluding carboxylic acids is 2. The van der Waals surface area contributed by atoms with Gasteiger partial charge in [0.15, 0.2) is 0 Å². The highest BCUT2D eigenvalue weighted by molar-refractivity contribution is 5.80. The number of hydrogen-bond acceptors (Lipinski definition) is 3. The number of carbonyl (C=O) groups is 2. The zero-order valence-electron chi connectivity index (χ0n) is 13.2. The molecule has 3 aliphatic rings. The molecule has 2 heterocycles. The number of morpholine rings is 1. The molecule has 2 amide bonds. The summed E-state index contributed by atoms with van der Waals surface area (Å²) >= 11 is 0. The van der Waals surface area contributed by atoms with Crippen LogP contribution < -0.4 is 0 Å². The quantitative estimate of drug-likeness (QED) is 0.845. The van der Waals surface area contributed by atoms with Gasteiger partial charge in [-0.05, 0) is 24.3 Å². The second-order valence-electron chi connectivity index (χ2n) is 6.87. The highest BCUT2D eigenvalue weighted by Gasteiger charge is 2.44. The van der Waals surface area contributed by atoms with E-state index in [9.17, 15) is 9.59 Å². The van der Waals surface area contributed by atoms with Crippen molar-refractivity contribution in [2.24, 2.45) is 5.92 Å². The summed E-state index contributed by atoms with van der Waals surface area (Å²) in [5.74, 6) is 0.831. The molecule has 5 heteroatoms. The first-order valence-corrected chi connectivity index (χ1v) is 8.43. The lowest BCUT2D eigenvalue weighted by Gasteiger charge is -2.36. The summed E-state index contributed by atoms with van der Waals surface area (Å²) in [7, 11) is 0. The number of likely N-dealkylation sites (tertiary alicyclic amines) is 1. The molecule has 1 aromatic rings. The van der Waals surface area contributed by atoms with Gasteiger partial charge in [-0.1, -0.05) is 30.3 Å². The van der Waals surface area contributed by atoms with E-state index in [1.54, 1.807) is 0 Å². The molecule has 2 aliphatic heterocycles. The molecular formula is C18H22N2O3. The van der Waals surface area contributed by atoms with E-state index < -0.39 is 0 Å². The van der Waals surface area contributed by atoms with E-state index in [0.717, 1.165) is 5.56 Å². The molecule has 2 atom stereocenters. The van der Waals surface area contributed by atoms with Crippen molar-refractivity contribution >= 4 is 11.8 Å². The third-order valence-electron chi connectivity index (χ3n) is 5.09. The Hall–Kier alpha value is -1.88. The number of rotatable bonds is 4. The number of fused-ring (bicyclic) bond motifs is 1. The summed E-state index contributed by atoms with van der Waals surface area (Å²) < 4.78 is 5.70. The Morgan fingerprint density at radius 3 is 2.70 bits per heavy atom. The molecule has 2 saturated heterocycles. The Morgan fingerprint density at radius 2 is 1.96 bits per heavy atom. The summed E-state index contributed by atoms with van der Waals surface area (Å²) in [6, 6.07) is 9.99. The molecule has 0 aromatic heterocycles. The van der Waals surface area contributed by atoms with Crippen LogP contribution in [0, 0.1) is 5.92 Å². The minimum absolute atomic E-state index is 0.0143. The van der Waals surface area contributed by atoms with Gasteiger partial charge in [0, 0.05) is 26.1 Å². The molecule has 0 spiro atoms. The fourth-order valence-corrected chi connectivity index (χ4v) is 3.55. The van der Waals surface area contributed by atoms with Gasteiger partial charge in [0.05, 0.1) is 12.1 Å².